The Morgan fingerprint density at radius 1 is 0.418 bits per heavy atom. The number of allylic oxidation sites excluding steroid dienone is 2. The van der Waals surface area contributed by atoms with Crippen molar-refractivity contribution in [3.8, 4) is 0 Å². The second kappa shape index (κ2) is 21.8. The lowest BCUT2D eigenvalue weighted by Crippen LogP contribution is -2.53. The molecule has 0 aromatic carbocycles. The second-order valence-corrected chi connectivity index (χ2v) is 35.0. The van der Waals surface area contributed by atoms with Crippen molar-refractivity contribution in [3.63, 3.8) is 0 Å². The van der Waals surface area contributed by atoms with Crippen LogP contribution in [0, 0.1) is 126 Å². The van der Waals surface area contributed by atoms with Crippen LogP contribution in [0.3, 0.4) is 0 Å². The van der Waals surface area contributed by atoms with Gasteiger partial charge in [-0.1, -0.05) is 64.2 Å². The predicted molar refractivity (Wildman–Crippen MR) is 346 cm³/mol. The Hall–Kier alpha value is -6.04. The molecule has 12 aliphatic carbocycles. The van der Waals surface area contributed by atoms with Crippen LogP contribution in [-0.2, 0) is 57.3 Å². The molecular weight excluding hydrogens is 1260 g/mol. The molecule has 4 aliphatic heterocycles. The molecule has 22 heteroatoms. The molecule has 0 spiro atoms. The molecule has 4 heterocycles. The quantitative estimate of drug-likeness (QED) is 0.0646. The molecule has 16 aliphatic rings. The minimum atomic E-state index is -1.29. The SMILES string of the molecule is C=CC1CCC2C(C)(C1)C(C(=O)O)C1C23C=CC(O)C1(C)C(=O)O3.C=CC1CCC2C(C)(C1)C(C(=O)O)C1C23CCC(O)C1(C)C(=O)O3.C=C[C@]1(O)CCC2C(C)(C1)C(C(=O)O)C1C23C=CC(O)C1(C)C(=O)O3.C=C[C@]1(O)CCC2C(C)(C1)C(C(=O)O)C1C23CCC(O)C1(C)C(=O)O3. The number of esters is 4. The van der Waals surface area contributed by atoms with Gasteiger partial charge in [-0.2, -0.15) is 0 Å². The van der Waals surface area contributed by atoms with E-state index >= 15 is 0 Å². The van der Waals surface area contributed by atoms with Crippen molar-refractivity contribution in [2.75, 3.05) is 0 Å². The summed E-state index contributed by atoms with van der Waals surface area (Å²) in [5.74, 6) is -10.8. The van der Waals surface area contributed by atoms with Crippen LogP contribution in [0.2, 0.25) is 0 Å². The topological polar surface area (TPSA) is 376 Å². The number of aliphatic hydroxyl groups excluding tert-OH is 4. The molecule has 0 aromatic rings. The van der Waals surface area contributed by atoms with Gasteiger partial charge in [0.2, 0.25) is 0 Å². The highest BCUT2D eigenvalue weighted by Crippen LogP contribution is 2.79. The van der Waals surface area contributed by atoms with Crippen LogP contribution < -0.4 is 0 Å². The highest BCUT2D eigenvalue weighted by Gasteiger charge is 2.86. The van der Waals surface area contributed by atoms with Crippen molar-refractivity contribution < 1.29 is 108 Å². The average Bonchev–Trinajstić information content (AvgIpc) is 1.52. The summed E-state index contributed by atoms with van der Waals surface area (Å²) in [5, 5.41) is 104. The Balaban J connectivity index is 0.000000118. The summed E-state index contributed by atoms with van der Waals surface area (Å²) in [7, 11) is 0. The molecule has 10 saturated carbocycles. The fourth-order valence-corrected chi connectivity index (χ4v) is 26.8. The maximum Gasteiger partial charge on any atom is 0.316 e. The molecule has 0 radical (unpaired) electrons. The minimum absolute atomic E-state index is 0.0400. The van der Waals surface area contributed by atoms with Gasteiger partial charge in [-0.3, -0.25) is 38.4 Å². The first-order chi connectivity index (χ1) is 45.5. The number of carbonyl (C=O) groups is 8. The van der Waals surface area contributed by atoms with Crippen LogP contribution >= 0.6 is 0 Å². The Bertz CT molecular complexity index is 3600. The number of ether oxygens (including phenoxy) is 4. The zero-order chi connectivity index (χ0) is 71.8. The largest absolute Gasteiger partial charge is 0.481 e. The summed E-state index contributed by atoms with van der Waals surface area (Å²) in [5.41, 5.74) is -12.9. The molecular formula is C76H100O22. The smallest absolute Gasteiger partial charge is 0.316 e. The highest BCUT2D eigenvalue weighted by molar-refractivity contribution is 5.89. The number of carboxylic acids is 4. The zero-order valence-electron chi connectivity index (χ0n) is 57.5. The van der Waals surface area contributed by atoms with Crippen LogP contribution in [0.25, 0.3) is 0 Å². The van der Waals surface area contributed by atoms with E-state index in [1.165, 1.54) is 12.2 Å². The lowest BCUT2D eigenvalue weighted by atomic mass is 9.58. The zero-order valence-corrected chi connectivity index (χ0v) is 57.5. The Kier molecular flexibility index (Phi) is 15.6. The van der Waals surface area contributed by atoms with Gasteiger partial charge in [0.25, 0.3) is 0 Å². The summed E-state index contributed by atoms with van der Waals surface area (Å²) in [6, 6.07) is 0. The molecule has 536 valence electrons. The third kappa shape index (κ3) is 8.35. The fraction of sp³-hybridized carbons (Fsp3) is 0.737. The Morgan fingerprint density at radius 3 is 1.12 bits per heavy atom. The maximum absolute atomic E-state index is 12.7. The van der Waals surface area contributed by atoms with Crippen LogP contribution in [-0.4, -0.2) is 157 Å². The lowest BCUT2D eigenvalue weighted by Gasteiger charge is -2.49. The highest BCUT2D eigenvalue weighted by atomic mass is 16.6. The number of hydrogen-bond donors (Lipinski definition) is 10. The lowest BCUT2D eigenvalue weighted by molar-refractivity contribution is -0.168. The van der Waals surface area contributed by atoms with E-state index in [1.807, 2.05) is 32.9 Å². The third-order valence-electron chi connectivity index (χ3n) is 31.1. The van der Waals surface area contributed by atoms with Gasteiger partial charge < -0.3 is 70.0 Å². The van der Waals surface area contributed by atoms with Crippen molar-refractivity contribution in [1.82, 2.24) is 0 Å². The molecule has 98 heavy (non-hydrogen) atoms. The van der Waals surface area contributed by atoms with Gasteiger partial charge in [0.15, 0.2) is 0 Å². The van der Waals surface area contributed by atoms with E-state index < -0.39 is 196 Å². The van der Waals surface area contributed by atoms with E-state index in [-0.39, 0.29) is 42.4 Å². The standard InChI is InChI=1S/C19H26O6.C19H24O6.C19H26O5.C19H24O5/c2*1-4-18(24)7-5-10-16(2,9-18)12(14(21)22)13-17(3)11(20)6-8-19(10,13)25-15(17)23;2*1-4-10-5-6-11-17(2,9-10)13(15(21)22)14-18(3)12(20)7-8-19(11,14)24-16(18)23/h4,10-13,20,24H,1,5-9H2,2-3H3,(H,21,22);4,6,8,10-13,20,24H,1,5,7,9H2,2-3H3,(H,21,22);4,10-14,20H,1,5-9H2,2-3H3,(H,21,22);4,7-8,10-14,20H,1,5-6,9H2,2-3H3,(H,21,22)/t2*10?,11?,12?,13?,16?,17?,18-,19?;;/m00../s1. The molecule has 22 nitrogen and oxygen atoms in total. The summed E-state index contributed by atoms with van der Waals surface area (Å²) < 4.78 is 23.6. The van der Waals surface area contributed by atoms with Crippen molar-refractivity contribution in [1.29, 1.82) is 0 Å². The minimum Gasteiger partial charge on any atom is -0.481 e. The molecule has 30 unspecified atom stereocenters. The van der Waals surface area contributed by atoms with Gasteiger partial charge in [0.1, 0.15) is 33.2 Å². The normalized spacial score (nSPS) is 55.8. The molecule has 16 rings (SSSR count). The van der Waals surface area contributed by atoms with Gasteiger partial charge in [0.05, 0.1) is 70.1 Å². The number of aliphatic hydroxyl groups is 6. The van der Waals surface area contributed by atoms with Crippen molar-refractivity contribution in [2.45, 2.75) is 216 Å². The molecule has 0 aromatic heterocycles. The molecule has 0 amide bonds. The average molecular weight is 1370 g/mol. The van der Waals surface area contributed by atoms with Gasteiger partial charge in [-0.15, -0.1) is 26.3 Å². The number of hydrogen-bond acceptors (Lipinski definition) is 18. The van der Waals surface area contributed by atoms with E-state index in [9.17, 15) is 89.4 Å². The van der Waals surface area contributed by atoms with Gasteiger partial charge >= 0.3 is 47.8 Å². The monoisotopic (exact) mass is 1360 g/mol. The molecule has 4 saturated heterocycles. The Morgan fingerprint density at radius 2 is 0.735 bits per heavy atom. The van der Waals surface area contributed by atoms with Crippen molar-refractivity contribution in [2.24, 2.45) is 126 Å². The first kappa shape index (κ1) is 70.4. The third-order valence-corrected chi connectivity index (χ3v) is 31.1. The van der Waals surface area contributed by atoms with Crippen LogP contribution in [0.5, 0.6) is 0 Å². The van der Waals surface area contributed by atoms with Crippen molar-refractivity contribution >= 4 is 47.8 Å². The first-order valence-electron chi connectivity index (χ1n) is 35.5. The molecule has 14 fully saturated rings. The van der Waals surface area contributed by atoms with Crippen LogP contribution in [0.4, 0.5) is 0 Å². The van der Waals surface area contributed by atoms with E-state index in [0.717, 1.165) is 38.5 Å². The van der Waals surface area contributed by atoms with E-state index in [1.54, 1.807) is 52.0 Å². The molecule has 8 bridgehead atoms. The molecule has 10 N–H and O–H groups in total. The number of carboxylic acid groups (broad SMARTS) is 4. The van der Waals surface area contributed by atoms with Crippen LogP contribution in [0.15, 0.2) is 74.9 Å². The van der Waals surface area contributed by atoms with Gasteiger partial charge in [-0.05, 0) is 176 Å². The summed E-state index contributed by atoms with van der Waals surface area (Å²) in [4.78, 5) is 99.9. The van der Waals surface area contributed by atoms with E-state index in [0.29, 0.717) is 57.3 Å². The second-order valence-electron chi connectivity index (χ2n) is 35.0. The number of fused-ring (bicyclic) bond motifs is 4. The number of rotatable bonds is 8. The maximum atomic E-state index is 12.7. The summed E-state index contributed by atoms with van der Waals surface area (Å²) in [6.07, 6.45) is 19.3. The summed E-state index contributed by atoms with van der Waals surface area (Å²) in [6.45, 7) is 29.7. The van der Waals surface area contributed by atoms with Crippen LogP contribution in [0.1, 0.15) is 158 Å². The van der Waals surface area contributed by atoms with Gasteiger partial charge in [-0.25, -0.2) is 0 Å². The summed E-state index contributed by atoms with van der Waals surface area (Å²) >= 11 is 0. The molecule has 32 atom stereocenters. The van der Waals surface area contributed by atoms with E-state index in [4.69, 9.17) is 18.9 Å². The van der Waals surface area contributed by atoms with E-state index in [2.05, 4.69) is 33.2 Å². The van der Waals surface area contributed by atoms with Gasteiger partial charge in [0, 0.05) is 47.3 Å². The van der Waals surface area contributed by atoms with Crippen molar-refractivity contribution in [3.05, 3.63) is 74.9 Å². The first-order valence-corrected chi connectivity index (χ1v) is 35.5. The predicted octanol–water partition coefficient (Wildman–Crippen LogP) is 7.31. The number of carbonyl (C=O) groups excluding carboxylic acids is 4. The number of aliphatic carboxylic acids is 4. The fourth-order valence-electron chi connectivity index (χ4n) is 26.8. The Labute approximate surface area is 571 Å².